The number of hydrogen-bond donors (Lipinski definition) is 1. The van der Waals surface area contributed by atoms with Gasteiger partial charge in [-0.25, -0.2) is 8.42 Å². The first-order chi connectivity index (χ1) is 13.5. The zero-order valence-electron chi connectivity index (χ0n) is 15.5. The molecule has 5 nitrogen and oxygen atoms in total. The monoisotopic (exact) mass is 394 g/mol. The SMILES string of the molecule is O=C(CCc1ccc2ccccc2c1)Nc1ccc(N2CCCS2(=O)=O)cc1. The molecule has 1 aliphatic rings. The molecule has 28 heavy (non-hydrogen) atoms. The van der Waals surface area contributed by atoms with Gasteiger partial charge in [0, 0.05) is 18.7 Å². The number of sulfonamides is 1. The zero-order valence-corrected chi connectivity index (χ0v) is 16.3. The number of carbonyl (C=O) groups is 1. The summed E-state index contributed by atoms with van der Waals surface area (Å²) in [5.74, 6) is 0.134. The van der Waals surface area contributed by atoms with Crippen molar-refractivity contribution in [3.05, 3.63) is 72.3 Å². The minimum atomic E-state index is -3.19. The van der Waals surface area contributed by atoms with Crippen molar-refractivity contribution in [1.82, 2.24) is 0 Å². The molecule has 0 atom stereocenters. The van der Waals surface area contributed by atoms with E-state index in [1.165, 1.54) is 15.1 Å². The van der Waals surface area contributed by atoms with Crippen molar-refractivity contribution < 1.29 is 13.2 Å². The van der Waals surface area contributed by atoms with E-state index in [0.29, 0.717) is 37.2 Å². The highest BCUT2D eigenvalue weighted by Gasteiger charge is 2.28. The van der Waals surface area contributed by atoms with Gasteiger partial charge in [-0.2, -0.15) is 0 Å². The molecule has 0 unspecified atom stereocenters. The van der Waals surface area contributed by atoms with E-state index in [1.807, 2.05) is 12.1 Å². The molecule has 1 amide bonds. The van der Waals surface area contributed by atoms with Gasteiger partial charge in [-0.15, -0.1) is 0 Å². The normalized spacial score (nSPS) is 15.6. The first kappa shape index (κ1) is 18.5. The molecule has 1 aliphatic heterocycles. The van der Waals surface area contributed by atoms with Crippen LogP contribution in [0.1, 0.15) is 18.4 Å². The summed E-state index contributed by atoms with van der Waals surface area (Å²) < 4.78 is 25.4. The summed E-state index contributed by atoms with van der Waals surface area (Å²) in [6.45, 7) is 0.514. The minimum absolute atomic E-state index is 0.0605. The Kier molecular flexibility index (Phi) is 5.05. The fourth-order valence-electron chi connectivity index (χ4n) is 3.52. The van der Waals surface area contributed by atoms with E-state index in [-0.39, 0.29) is 11.7 Å². The van der Waals surface area contributed by atoms with Crippen molar-refractivity contribution in [2.75, 3.05) is 21.9 Å². The van der Waals surface area contributed by atoms with Gasteiger partial charge in [0.25, 0.3) is 0 Å². The topological polar surface area (TPSA) is 66.5 Å². The van der Waals surface area contributed by atoms with Crippen LogP contribution in [0, 0.1) is 0 Å². The molecule has 1 fully saturated rings. The molecule has 0 bridgehead atoms. The lowest BCUT2D eigenvalue weighted by Gasteiger charge is -2.17. The van der Waals surface area contributed by atoms with Gasteiger partial charge in [-0.3, -0.25) is 9.10 Å². The molecular weight excluding hydrogens is 372 g/mol. The second kappa shape index (κ2) is 7.64. The number of benzene rings is 3. The van der Waals surface area contributed by atoms with Crippen LogP contribution in [0.3, 0.4) is 0 Å². The molecule has 0 radical (unpaired) electrons. The lowest BCUT2D eigenvalue weighted by atomic mass is 10.0. The van der Waals surface area contributed by atoms with Gasteiger partial charge >= 0.3 is 0 Å². The van der Waals surface area contributed by atoms with Gasteiger partial charge in [0.2, 0.25) is 15.9 Å². The highest BCUT2D eigenvalue weighted by Crippen LogP contribution is 2.25. The molecule has 3 aromatic carbocycles. The molecule has 144 valence electrons. The number of fused-ring (bicyclic) bond motifs is 1. The summed E-state index contributed by atoms with van der Waals surface area (Å²) in [5.41, 5.74) is 2.44. The van der Waals surface area contributed by atoms with E-state index < -0.39 is 10.0 Å². The third kappa shape index (κ3) is 4.02. The van der Waals surface area contributed by atoms with Crippen molar-refractivity contribution in [3.63, 3.8) is 0 Å². The summed E-state index contributed by atoms with van der Waals surface area (Å²) >= 11 is 0. The maximum Gasteiger partial charge on any atom is 0.235 e. The molecule has 3 aromatic rings. The molecule has 1 heterocycles. The first-order valence-electron chi connectivity index (χ1n) is 9.39. The number of amides is 1. The van der Waals surface area contributed by atoms with E-state index in [0.717, 1.165) is 5.56 Å². The first-order valence-corrected chi connectivity index (χ1v) is 11.0. The Morgan fingerprint density at radius 2 is 1.71 bits per heavy atom. The molecule has 0 aliphatic carbocycles. The van der Waals surface area contributed by atoms with Crippen LogP contribution in [0.4, 0.5) is 11.4 Å². The smallest absolute Gasteiger partial charge is 0.235 e. The van der Waals surface area contributed by atoms with E-state index in [9.17, 15) is 13.2 Å². The van der Waals surface area contributed by atoms with Gasteiger partial charge in [-0.1, -0.05) is 42.5 Å². The second-order valence-corrected chi connectivity index (χ2v) is 9.03. The number of nitrogens with zero attached hydrogens (tertiary/aromatic N) is 1. The summed E-state index contributed by atoms with van der Waals surface area (Å²) in [4.78, 5) is 12.3. The minimum Gasteiger partial charge on any atom is -0.326 e. The lowest BCUT2D eigenvalue weighted by Crippen LogP contribution is -2.25. The van der Waals surface area contributed by atoms with Crippen LogP contribution < -0.4 is 9.62 Å². The average molecular weight is 394 g/mol. The van der Waals surface area contributed by atoms with E-state index >= 15 is 0 Å². The number of anilines is 2. The highest BCUT2D eigenvalue weighted by molar-refractivity contribution is 7.93. The maximum absolute atomic E-state index is 12.3. The van der Waals surface area contributed by atoms with Crippen LogP contribution in [0.15, 0.2) is 66.7 Å². The Morgan fingerprint density at radius 3 is 2.43 bits per heavy atom. The summed E-state index contributed by atoms with van der Waals surface area (Å²) in [6, 6.07) is 21.4. The number of rotatable bonds is 5. The molecule has 0 spiro atoms. The Bertz CT molecular complexity index is 1110. The van der Waals surface area contributed by atoms with Gasteiger partial charge in [0.05, 0.1) is 11.4 Å². The third-order valence-corrected chi connectivity index (χ3v) is 6.86. The molecular formula is C22H22N2O3S. The van der Waals surface area contributed by atoms with E-state index in [1.54, 1.807) is 24.3 Å². The predicted molar refractivity (Wildman–Crippen MR) is 113 cm³/mol. The van der Waals surface area contributed by atoms with Crippen LogP contribution in [0.25, 0.3) is 10.8 Å². The van der Waals surface area contributed by atoms with E-state index in [2.05, 4.69) is 35.6 Å². The highest BCUT2D eigenvalue weighted by atomic mass is 32.2. The van der Waals surface area contributed by atoms with Crippen molar-refractivity contribution in [3.8, 4) is 0 Å². The zero-order chi connectivity index (χ0) is 19.6. The Labute approximate surface area is 165 Å². The third-order valence-electron chi connectivity index (χ3n) is 4.99. The Hall–Kier alpha value is -2.86. The number of aryl methyl sites for hydroxylation is 1. The second-order valence-electron chi connectivity index (χ2n) is 7.02. The number of nitrogens with one attached hydrogen (secondary N) is 1. The lowest BCUT2D eigenvalue weighted by molar-refractivity contribution is -0.116. The Balaban J connectivity index is 1.35. The standard InChI is InChI=1S/C22H22N2O3S/c25-22(13-7-17-6-8-18-4-1-2-5-19(18)16-17)23-20-9-11-21(12-10-20)24-14-3-15-28(24,26)27/h1-2,4-6,8-12,16H,3,7,13-15H2,(H,23,25). The fraction of sp³-hybridized carbons (Fsp3) is 0.227. The van der Waals surface area contributed by atoms with E-state index in [4.69, 9.17) is 0 Å². The van der Waals surface area contributed by atoms with Gasteiger partial charge in [0.1, 0.15) is 0 Å². The largest absolute Gasteiger partial charge is 0.326 e. The molecule has 4 rings (SSSR count). The van der Waals surface area contributed by atoms with Crippen LogP contribution in [0.5, 0.6) is 0 Å². The molecule has 1 N–H and O–H groups in total. The average Bonchev–Trinajstić information content (AvgIpc) is 3.06. The van der Waals surface area contributed by atoms with Crippen LogP contribution in [-0.4, -0.2) is 26.6 Å². The maximum atomic E-state index is 12.3. The summed E-state index contributed by atoms with van der Waals surface area (Å²) in [5, 5.41) is 5.25. The van der Waals surface area contributed by atoms with Crippen molar-refractivity contribution in [2.24, 2.45) is 0 Å². The van der Waals surface area contributed by atoms with Crippen molar-refractivity contribution in [2.45, 2.75) is 19.3 Å². The van der Waals surface area contributed by atoms with Crippen molar-refractivity contribution >= 4 is 38.1 Å². The molecule has 1 saturated heterocycles. The predicted octanol–water partition coefficient (Wildman–Crippen LogP) is 3.95. The van der Waals surface area contributed by atoms with Gasteiger partial charge in [0.15, 0.2) is 0 Å². The molecule has 6 heteroatoms. The van der Waals surface area contributed by atoms with Crippen LogP contribution >= 0.6 is 0 Å². The molecule has 0 saturated carbocycles. The number of carbonyl (C=O) groups excluding carboxylic acids is 1. The summed E-state index contributed by atoms with van der Waals surface area (Å²) in [6.07, 6.45) is 1.71. The quantitative estimate of drug-likeness (QED) is 0.712. The number of hydrogen-bond acceptors (Lipinski definition) is 3. The molecule has 0 aromatic heterocycles. The van der Waals surface area contributed by atoms with Gasteiger partial charge < -0.3 is 5.32 Å². The van der Waals surface area contributed by atoms with Crippen molar-refractivity contribution in [1.29, 1.82) is 0 Å². The van der Waals surface area contributed by atoms with Gasteiger partial charge in [-0.05, 0) is 53.4 Å². The Morgan fingerprint density at radius 1 is 0.964 bits per heavy atom. The summed E-state index contributed by atoms with van der Waals surface area (Å²) in [7, 11) is -3.19. The van der Waals surface area contributed by atoms with Crippen LogP contribution in [-0.2, 0) is 21.2 Å². The fourth-order valence-corrected chi connectivity index (χ4v) is 5.08. The van der Waals surface area contributed by atoms with Crippen LogP contribution in [0.2, 0.25) is 0 Å².